The average Bonchev–Trinajstić information content (AvgIpc) is 0.884. The number of nitrogens with one attached hydrogen (secondary N) is 2. The number of allylic oxidation sites excluding steroid dienone is 2. The highest BCUT2D eigenvalue weighted by molar-refractivity contribution is 5.99. The van der Waals surface area contributed by atoms with Crippen LogP contribution < -0.4 is 10.6 Å². The highest BCUT2D eigenvalue weighted by Gasteiger charge is 2.45. The molecular formula is C72H129N9O14. The second kappa shape index (κ2) is 42.4. The van der Waals surface area contributed by atoms with E-state index in [-0.39, 0.29) is 97.2 Å². The van der Waals surface area contributed by atoms with Crippen LogP contribution in [0.25, 0.3) is 0 Å². The van der Waals surface area contributed by atoms with Crippen LogP contribution >= 0.6 is 0 Å². The van der Waals surface area contributed by atoms with Crippen molar-refractivity contribution in [2.75, 3.05) is 95.4 Å². The Morgan fingerprint density at radius 2 is 1.04 bits per heavy atom. The van der Waals surface area contributed by atoms with Gasteiger partial charge in [0, 0.05) is 105 Å². The van der Waals surface area contributed by atoms with E-state index in [1.54, 1.807) is 68.6 Å². The van der Waals surface area contributed by atoms with Gasteiger partial charge in [-0.3, -0.25) is 57.6 Å². The number of Topliss-reactive ketones (excluding diaryl/α,β-unsaturated/α-hetero) is 4. The number of likely N-dealkylation sites (N-methyl/N-ethyl adjacent to an activating group) is 7. The minimum absolute atomic E-state index is 0.00941. The Hall–Kier alpha value is -5.49. The summed E-state index contributed by atoms with van der Waals surface area (Å²) in [5, 5.41) is 17.8. The smallest absolute Gasteiger partial charge is 0.246 e. The van der Waals surface area contributed by atoms with Gasteiger partial charge in [-0.1, -0.05) is 116 Å². The predicted molar refractivity (Wildman–Crippen MR) is 371 cm³/mol. The standard InChI is InChI=1S/C72H129N9O14/c1-26-28-29-48(13)65(86)64(66(87)74-55(27-2)69(90)75(20)52(17)53(18)82)80(25)72(93)63(47(11)12)79(24)71(92)58(38-45(7)8)78(23)70(91)57(37-44(5)6)77(22)67(88)50(15)40-59(83)49(14)39-60(84)56(36-43(3)4)76(21)68(89)54(46(9)10)41-61(85)62(73-19)51(16)42-95-35-32-81-30-33-94-34-31-81/h26,28,43-52,54-58,62-65,73,86H,27,29-42H2,1-25H3,(H,74,87)/b28-26+/t48-,49-,50+,51-,52-,54+,55+,56+,57+,58+,62+,63+,64?,65-/m1/s1. The van der Waals surface area contributed by atoms with Gasteiger partial charge in [-0.05, 0) is 95.4 Å². The zero-order valence-electron chi connectivity index (χ0n) is 63.1. The Balaban J connectivity index is 3.50. The number of aliphatic hydroxyl groups excluding tert-OH is 1. The molecule has 7 amide bonds. The van der Waals surface area contributed by atoms with E-state index in [0.717, 1.165) is 24.5 Å². The first-order valence-corrected chi connectivity index (χ1v) is 35.0. The molecule has 14 atom stereocenters. The van der Waals surface area contributed by atoms with Crippen LogP contribution in [0.1, 0.15) is 176 Å². The van der Waals surface area contributed by atoms with Crippen molar-refractivity contribution >= 4 is 64.5 Å². The molecule has 1 heterocycles. The third-order valence-corrected chi connectivity index (χ3v) is 19.1. The van der Waals surface area contributed by atoms with Crippen LogP contribution in [0.4, 0.5) is 0 Å². The average molecular weight is 1340 g/mol. The lowest BCUT2D eigenvalue weighted by atomic mass is 9.84. The summed E-state index contributed by atoms with van der Waals surface area (Å²) in [5.41, 5.74) is 0. The van der Waals surface area contributed by atoms with E-state index in [1.165, 1.54) is 66.7 Å². The van der Waals surface area contributed by atoms with Gasteiger partial charge in [-0.2, -0.15) is 0 Å². The molecule has 0 bridgehead atoms. The van der Waals surface area contributed by atoms with Crippen molar-refractivity contribution in [2.45, 2.75) is 230 Å². The summed E-state index contributed by atoms with van der Waals surface area (Å²) >= 11 is 0. The Bertz CT molecular complexity index is 2520. The fourth-order valence-corrected chi connectivity index (χ4v) is 12.5. The molecule has 1 saturated heterocycles. The lowest BCUT2D eigenvalue weighted by Gasteiger charge is -2.41. The topological polar surface area (TPSA) is 273 Å². The number of rotatable bonds is 44. The molecule has 1 unspecified atom stereocenters. The summed E-state index contributed by atoms with van der Waals surface area (Å²) in [6, 6.07) is -8.33. The number of aliphatic hydroxyl groups is 1. The summed E-state index contributed by atoms with van der Waals surface area (Å²) in [4.78, 5) is 167. The normalized spacial score (nSPS) is 17.5. The van der Waals surface area contributed by atoms with Crippen LogP contribution in [0.2, 0.25) is 0 Å². The van der Waals surface area contributed by atoms with Crippen LogP contribution in [0.15, 0.2) is 12.2 Å². The summed E-state index contributed by atoms with van der Waals surface area (Å²) < 4.78 is 11.4. The molecule has 3 N–H and O–H groups in total. The molecule has 546 valence electrons. The highest BCUT2D eigenvalue weighted by atomic mass is 16.5. The van der Waals surface area contributed by atoms with Gasteiger partial charge in [0.25, 0.3) is 0 Å². The van der Waals surface area contributed by atoms with Gasteiger partial charge < -0.3 is 54.6 Å². The van der Waals surface area contributed by atoms with E-state index >= 15 is 14.4 Å². The van der Waals surface area contributed by atoms with Crippen LogP contribution in [0.3, 0.4) is 0 Å². The summed E-state index contributed by atoms with van der Waals surface area (Å²) in [7, 11) is 10.6. The first-order chi connectivity index (χ1) is 44.2. The zero-order valence-corrected chi connectivity index (χ0v) is 63.1. The van der Waals surface area contributed by atoms with Crippen molar-refractivity contribution in [1.82, 2.24) is 44.9 Å². The molecule has 1 rings (SSSR count). The van der Waals surface area contributed by atoms with E-state index in [9.17, 15) is 43.5 Å². The fourth-order valence-electron chi connectivity index (χ4n) is 12.5. The van der Waals surface area contributed by atoms with Crippen molar-refractivity contribution in [1.29, 1.82) is 0 Å². The lowest BCUT2D eigenvalue weighted by molar-refractivity contribution is -0.157. The maximum absolute atomic E-state index is 15.2. The Kier molecular flexibility index (Phi) is 39.0. The Morgan fingerprint density at radius 1 is 0.558 bits per heavy atom. The van der Waals surface area contributed by atoms with Crippen LogP contribution in [-0.4, -0.2) is 254 Å². The number of carbonyl (C=O) groups is 11. The summed E-state index contributed by atoms with van der Waals surface area (Å²) in [6.45, 7) is 36.8. The minimum atomic E-state index is -1.54. The molecule has 0 spiro atoms. The minimum Gasteiger partial charge on any atom is -0.390 e. The van der Waals surface area contributed by atoms with E-state index in [4.69, 9.17) is 9.47 Å². The van der Waals surface area contributed by atoms with Crippen molar-refractivity contribution in [2.24, 2.45) is 59.2 Å². The van der Waals surface area contributed by atoms with Crippen molar-refractivity contribution in [3.63, 3.8) is 0 Å². The molecule has 0 saturated carbocycles. The van der Waals surface area contributed by atoms with E-state index in [0.29, 0.717) is 39.3 Å². The van der Waals surface area contributed by atoms with Gasteiger partial charge in [-0.25, -0.2) is 0 Å². The third-order valence-electron chi connectivity index (χ3n) is 19.1. The quantitative estimate of drug-likeness (QED) is 0.0452. The van der Waals surface area contributed by atoms with Gasteiger partial charge in [0.05, 0.1) is 50.7 Å². The summed E-state index contributed by atoms with van der Waals surface area (Å²) in [6.07, 6.45) is 2.85. The number of hydrogen-bond acceptors (Lipinski definition) is 16. The molecule has 0 aromatic rings. The van der Waals surface area contributed by atoms with Crippen LogP contribution in [0.5, 0.6) is 0 Å². The van der Waals surface area contributed by atoms with E-state index < -0.39 is 119 Å². The first-order valence-electron chi connectivity index (χ1n) is 35.0. The van der Waals surface area contributed by atoms with Crippen molar-refractivity contribution in [3.05, 3.63) is 12.2 Å². The maximum Gasteiger partial charge on any atom is 0.246 e. The van der Waals surface area contributed by atoms with E-state index in [1.807, 2.05) is 75.3 Å². The molecule has 23 heteroatoms. The molecule has 95 heavy (non-hydrogen) atoms. The van der Waals surface area contributed by atoms with Crippen LogP contribution in [0, 0.1) is 59.2 Å². The second-order valence-corrected chi connectivity index (χ2v) is 29.2. The molecule has 23 nitrogen and oxygen atoms in total. The number of amides is 7. The first kappa shape index (κ1) is 87.5. The maximum atomic E-state index is 15.2. The molecular weight excluding hydrogens is 1210 g/mol. The fraction of sp³-hybridized carbons (Fsp3) is 0.819. The Labute approximate surface area is 571 Å². The van der Waals surface area contributed by atoms with Crippen molar-refractivity contribution < 1.29 is 67.3 Å². The van der Waals surface area contributed by atoms with Crippen molar-refractivity contribution in [3.8, 4) is 0 Å². The second-order valence-electron chi connectivity index (χ2n) is 29.2. The summed E-state index contributed by atoms with van der Waals surface area (Å²) in [5.74, 6) is -9.35. The largest absolute Gasteiger partial charge is 0.390 e. The van der Waals surface area contributed by atoms with Gasteiger partial charge in [0.2, 0.25) is 41.4 Å². The van der Waals surface area contributed by atoms with Gasteiger partial charge in [0.15, 0.2) is 17.3 Å². The molecule has 1 fully saturated rings. The number of hydrogen-bond donors (Lipinski definition) is 3. The van der Waals surface area contributed by atoms with E-state index in [2.05, 4.69) is 15.5 Å². The number of ketones is 4. The van der Waals surface area contributed by atoms with Gasteiger partial charge in [-0.15, -0.1) is 0 Å². The number of morpholine rings is 1. The SMILES string of the molecule is C/C=C/C[C@@H](C)[C@@H](O)C(C(=O)N[C@@H](CC)C(=O)N(C)[C@H](C)C(C)=O)N(C)C(=O)[C@H](C(C)C)N(C)C(=O)[C@H](CC(C)C)N(C)C(=O)[C@H](CC(C)C)N(C)C(=O)[C@@H](C)CC(=O)[C@H](C)CC(=O)[C@H](CC(C)C)N(C)C(=O)[C@@H](CC(=O)[C@@H](NC)[C@H](C)COCCN1CCOCC1)C(C)C. The third kappa shape index (κ3) is 26.7. The Morgan fingerprint density at radius 3 is 1.52 bits per heavy atom. The van der Waals surface area contributed by atoms with Gasteiger partial charge in [0.1, 0.15) is 36.0 Å². The number of nitrogens with zero attached hydrogens (tertiary/aromatic N) is 7. The predicted octanol–water partition coefficient (Wildman–Crippen LogP) is 6.20. The lowest BCUT2D eigenvalue weighted by Crippen LogP contribution is -2.63. The molecule has 1 aliphatic rings. The molecule has 0 aromatic carbocycles. The molecule has 0 aromatic heterocycles. The van der Waals surface area contributed by atoms with Gasteiger partial charge >= 0.3 is 0 Å². The highest BCUT2D eigenvalue weighted by Crippen LogP contribution is 2.29. The van der Waals surface area contributed by atoms with Crippen LogP contribution in [-0.2, 0) is 62.2 Å². The molecule has 1 aliphatic heterocycles. The monoisotopic (exact) mass is 1340 g/mol. The number of ether oxygens (including phenoxy) is 2. The zero-order chi connectivity index (χ0) is 73.2. The molecule has 0 aliphatic carbocycles. The molecule has 0 radical (unpaired) electrons. The number of carbonyl (C=O) groups excluding carboxylic acids is 11.